The number of fused-ring (bicyclic) bond motifs is 1. The number of rotatable bonds is 4. The molecule has 1 spiro atoms. The SMILES string of the molecule is CCO[C@@H]1C[C@@H](NC(=O)c2c(C)nn3c(C)cc(C)nc23)C12CCC2. The van der Waals surface area contributed by atoms with Crippen molar-refractivity contribution in [2.24, 2.45) is 5.41 Å². The first kappa shape index (κ1) is 16.5. The van der Waals surface area contributed by atoms with E-state index in [4.69, 9.17) is 4.74 Å². The lowest BCUT2D eigenvalue weighted by atomic mass is 9.51. The molecule has 25 heavy (non-hydrogen) atoms. The Morgan fingerprint density at radius 3 is 2.80 bits per heavy atom. The molecule has 2 fully saturated rings. The first-order valence-electron chi connectivity index (χ1n) is 9.22. The van der Waals surface area contributed by atoms with Crippen molar-refractivity contribution in [1.82, 2.24) is 19.9 Å². The van der Waals surface area contributed by atoms with Crippen molar-refractivity contribution in [1.29, 1.82) is 0 Å². The minimum atomic E-state index is -0.0591. The van der Waals surface area contributed by atoms with Gasteiger partial charge < -0.3 is 10.1 Å². The molecule has 4 rings (SSSR count). The molecular formula is C19H26N4O2. The van der Waals surface area contributed by atoms with Crippen LogP contribution in [-0.4, -0.2) is 39.3 Å². The van der Waals surface area contributed by atoms with E-state index in [1.807, 2.05) is 33.8 Å². The van der Waals surface area contributed by atoms with Crippen molar-refractivity contribution in [2.45, 2.75) is 65.5 Å². The van der Waals surface area contributed by atoms with E-state index in [2.05, 4.69) is 15.4 Å². The van der Waals surface area contributed by atoms with E-state index in [1.165, 1.54) is 6.42 Å². The van der Waals surface area contributed by atoms with Gasteiger partial charge in [0.2, 0.25) is 0 Å². The standard InChI is InChI=1S/C19H26N4O2/c1-5-25-15-10-14(19(15)7-6-8-19)21-18(24)16-13(4)22-23-12(3)9-11(2)20-17(16)23/h9,14-15H,5-8,10H2,1-4H3,(H,21,24)/t14-,15-/m1/s1. The highest BCUT2D eigenvalue weighted by Crippen LogP contribution is 2.57. The van der Waals surface area contributed by atoms with E-state index >= 15 is 0 Å². The second-order valence-electron chi connectivity index (χ2n) is 7.53. The molecule has 2 aliphatic rings. The predicted octanol–water partition coefficient (Wildman–Crippen LogP) is 2.73. The molecule has 2 atom stereocenters. The third kappa shape index (κ3) is 2.38. The fourth-order valence-electron chi connectivity index (χ4n) is 4.56. The third-order valence-electron chi connectivity index (χ3n) is 6.04. The van der Waals surface area contributed by atoms with Gasteiger partial charge in [0.1, 0.15) is 5.56 Å². The van der Waals surface area contributed by atoms with E-state index in [0.717, 1.165) is 43.0 Å². The number of hydrogen-bond donors (Lipinski definition) is 1. The topological polar surface area (TPSA) is 68.5 Å². The van der Waals surface area contributed by atoms with Gasteiger partial charge in [-0.2, -0.15) is 5.10 Å². The van der Waals surface area contributed by atoms with Gasteiger partial charge in [-0.25, -0.2) is 9.50 Å². The van der Waals surface area contributed by atoms with Gasteiger partial charge in [0, 0.05) is 29.5 Å². The van der Waals surface area contributed by atoms with Gasteiger partial charge in [-0.1, -0.05) is 6.42 Å². The summed E-state index contributed by atoms with van der Waals surface area (Å²) in [6.07, 6.45) is 4.72. The van der Waals surface area contributed by atoms with Crippen molar-refractivity contribution in [3.05, 3.63) is 28.7 Å². The van der Waals surface area contributed by atoms with Gasteiger partial charge in [0.15, 0.2) is 5.65 Å². The van der Waals surface area contributed by atoms with Gasteiger partial charge in [0.05, 0.1) is 11.8 Å². The zero-order valence-corrected chi connectivity index (χ0v) is 15.4. The Balaban J connectivity index is 1.60. The summed E-state index contributed by atoms with van der Waals surface area (Å²) in [4.78, 5) is 17.6. The summed E-state index contributed by atoms with van der Waals surface area (Å²) in [7, 11) is 0. The van der Waals surface area contributed by atoms with Crippen LogP contribution in [0.1, 0.15) is 60.0 Å². The summed E-state index contributed by atoms with van der Waals surface area (Å²) >= 11 is 0. The van der Waals surface area contributed by atoms with Crippen LogP contribution in [0.25, 0.3) is 5.65 Å². The van der Waals surface area contributed by atoms with Crippen LogP contribution in [0.5, 0.6) is 0 Å². The zero-order valence-electron chi connectivity index (χ0n) is 15.4. The van der Waals surface area contributed by atoms with Gasteiger partial charge in [-0.05, 0) is 53.0 Å². The normalized spacial score (nSPS) is 24.2. The first-order chi connectivity index (χ1) is 12.0. The summed E-state index contributed by atoms with van der Waals surface area (Å²) < 4.78 is 7.65. The molecule has 2 aliphatic carbocycles. The molecule has 0 aromatic carbocycles. The average Bonchev–Trinajstić information content (AvgIpc) is 2.80. The lowest BCUT2D eigenvalue weighted by molar-refractivity contribution is -0.169. The van der Waals surface area contributed by atoms with E-state index < -0.39 is 0 Å². The molecule has 6 nitrogen and oxygen atoms in total. The minimum Gasteiger partial charge on any atom is -0.378 e. The lowest BCUT2D eigenvalue weighted by Crippen LogP contribution is -2.67. The monoisotopic (exact) mass is 342 g/mol. The summed E-state index contributed by atoms with van der Waals surface area (Å²) in [5.41, 5.74) is 4.01. The molecule has 0 unspecified atom stereocenters. The molecule has 1 N–H and O–H groups in total. The lowest BCUT2D eigenvalue weighted by Gasteiger charge is -2.60. The van der Waals surface area contributed by atoms with Gasteiger partial charge in [-0.3, -0.25) is 4.79 Å². The highest BCUT2D eigenvalue weighted by Gasteiger charge is 2.59. The number of carbonyl (C=O) groups is 1. The van der Waals surface area contributed by atoms with Crippen molar-refractivity contribution in [2.75, 3.05) is 6.61 Å². The molecule has 0 bridgehead atoms. The first-order valence-corrected chi connectivity index (χ1v) is 9.22. The Morgan fingerprint density at radius 1 is 1.40 bits per heavy atom. The second-order valence-corrected chi connectivity index (χ2v) is 7.53. The highest BCUT2D eigenvalue weighted by molar-refractivity contribution is 6.01. The van der Waals surface area contributed by atoms with Crippen LogP contribution in [0, 0.1) is 26.2 Å². The average molecular weight is 342 g/mol. The number of hydrogen-bond acceptors (Lipinski definition) is 4. The largest absolute Gasteiger partial charge is 0.378 e. The maximum Gasteiger partial charge on any atom is 0.257 e. The molecule has 6 heteroatoms. The van der Waals surface area contributed by atoms with Gasteiger partial charge in [0.25, 0.3) is 5.91 Å². The van der Waals surface area contributed by atoms with Crippen LogP contribution in [0.4, 0.5) is 0 Å². The van der Waals surface area contributed by atoms with Crippen molar-refractivity contribution < 1.29 is 9.53 Å². The predicted molar refractivity (Wildman–Crippen MR) is 94.8 cm³/mol. The van der Waals surface area contributed by atoms with Crippen LogP contribution in [0.2, 0.25) is 0 Å². The fourth-order valence-corrected chi connectivity index (χ4v) is 4.56. The van der Waals surface area contributed by atoms with E-state index in [0.29, 0.717) is 17.3 Å². The quantitative estimate of drug-likeness (QED) is 0.928. The number of amides is 1. The van der Waals surface area contributed by atoms with Crippen molar-refractivity contribution >= 4 is 11.6 Å². The summed E-state index contributed by atoms with van der Waals surface area (Å²) in [6.45, 7) is 8.58. The summed E-state index contributed by atoms with van der Waals surface area (Å²) in [5.74, 6) is -0.0591. The Morgan fingerprint density at radius 2 is 2.16 bits per heavy atom. The molecule has 2 saturated carbocycles. The Hall–Kier alpha value is -1.95. The molecule has 2 heterocycles. The third-order valence-corrected chi connectivity index (χ3v) is 6.04. The van der Waals surface area contributed by atoms with E-state index in [1.54, 1.807) is 4.52 Å². The van der Waals surface area contributed by atoms with Crippen LogP contribution in [0.3, 0.4) is 0 Å². The van der Waals surface area contributed by atoms with Gasteiger partial charge >= 0.3 is 0 Å². The number of nitrogens with one attached hydrogen (secondary N) is 1. The number of ether oxygens (including phenoxy) is 1. The molecule has 0 aliphatic heterocycles. The second kappa shape index (κ2) is 5.80. The summed E-state index contributed by atoms with van der Waals surface area (Å²) in [5, 5.41) is 7.77. The maximum absolute atomic E-state index is 13.0. The molecule has 0 radical (unpaired) electrons. The fraction of sp³-hybridized carbons (Fsp3) is 0.632. The van der Waals surface area contributed by atoms with Crippen LogP contribution in [0.15, 0.2) is 6.07 Å². The maximum atomic E-state index is 13.0. The molecule has 0 saturated heterocycles. The van der Waals surface area contributed by atoms with Crippen LogP contribution >= 0.6 is 0 Å². The van der Waals surface area contributed by atoms with Crippen LogP contribution < -0.4 is 5.32 Å². The van der Waals surface area contributed by atoms with Crippen molar-refractivity contribution in [3.63, 3.8) is 0 Å². The number of nitrogens with zero attached hydrogens (tertiary/aromatic N) is 3. The molecule has 1 amide bonds. The number of aryl methyl sites for hydroxylation is 3. The van der Waals surface area contributed by atoms with Crippen LogP contribution in [-0.2, 0) is 4.74 Å². The Bertz CT molecular complexity index is 838. The minimum absolute atomic E-state index is 0.0591. The molecule has 134 valence electrons. The molecule has 2 aromatic rings. The van der Waals surface area contributed by atoms with Crippen molar-refractivity contribution in [3.8, 4) is 0 Å². The zero-order chi connectivity index (χ0) is 17.8. The van der Waals surface area contributed by atoms with E-state index in [9.17, 15) is 4.79 Å². The Labute approximate surface area is 148 Å². The molecular weight excluding hydrogens is 316 g/mol. The number of carbonyl (C=O) groups excluding carboxylic acids is 1. The highest BCUT2D eigenvalue weighted by atomic mass is 16.5. The van der Waals surface area contributed by atoms with E-state index in [-0.39, 0.29) is 17.4 Å². The smallest absolute Gasteiger partial charge is 0.257 e. The summed E-state index contributed by atoms with van der Waals surface area (Å²) in [6, 6.07) is 2.17. The molecule has 2 aromatic heterocycles. The Kier molecular flexibility index (Phi) is 3.83. The van der Waals surface area contributed by atoms with Gasteiger partial charge in [-0.15, -0.1) is 0 Å². The number of aromatic nitrogens is 3.